The van der Waals surface area contributed by atoms with E-state index < -0.39 is 0 Å². The van der Waals surface area contributed by atoms with Crippen LogP contribution in [0.2, 0.25) is 0 Å². The van der Waals surface area contributed by atoms with Gasteiger partial charge in [-0.25, -0.2) is 0 Å². The minimum Gasteiger partial charge on any atom is -0.497 e. The molecule has 0 aromatic heterocycles. The minimum absolute atomic E-state index is 0.273. The van der Waals surface area contributed by atoms with Gasteiger partial charge in [-0.2, -0.15) is 5.10 Å². The minimum atomic E-state index is 0.273. The molecule has 1 heterocycles. The number of aryl methyl sites for hydroxylation is 2. The van der Waals surface area contributed by atoms with E-state index in [1.165, 1.54) is 28.0 Å². The Kier molecular flexibility index (Phi) is 3.14. The van der Waals surface area contributed by atoms with E-state index in [1.54, 1.807) is 7.11 Å². The largest absolute Gasteiger partial charge is 0.497 e. The first-order chi connectivity index (χ1) is 10.8. The van der Waals surface area contributed by atoms with Gasteiger partial charge in [0.2, 0.25) is 0 Å². The number of nitrogens with one attached hydrogen (secondary N) is 1. The third kappa shape index (κ3) is 2.08. The van der Waals surface area contributed by atoms with Crippen LogP contribution >= 0.6 is 0 Å². The third-order valence-electron chi connectivity index (χ3n) is 4.82. The van der Waals surface area contributed by atoms with Gasteiger partial charge in [-0.05, 0) is 49.1 Å². The second-order valence-electron chi connectivity index (χ2n) is 6.18. The number of ether oxygens (including phenoxy) is 1. The van der Waals surface area contributed by atoms with Crippen LogP contribution in [0.1, 0.15) is 34.7 Å². The smallest absolute Gasteiger partial charge is 0.118 e. The van der Waals surface area contributed by atoms with Gasteiger partial charge in [0.05, 0.1) is 18.9 Å². The molecule has 0 amide bonds. The van der Waals surface area contributed by atoms with E-state index in [0.717, 1.165) is 18.6 Å². The number of nitrogens with zero attached hydrogens (tertiary/aromatic N) is 1. The molecule has 0 radical (unpaired) electrons. The second kappa shape index (κ2) is 5.16. The number of methoxy groups -OCH3 is 1. The first-order valence-corrected chi connectivity index (χ1v) is 7.83. The zero-order valence-electron chi connectivity index (χ0n) is 13.0. The highest BCUT2D eigenvalue weighted by atomic mass is 16.5. The Labute approximate surface area is 131 Å². The lowest BCUT2D eigenvalue weighted by atomic mass is 9.77. The van der Waals surface area contributed by atoms with Gasteiger partial charge in [0.25, 0.3) is 0 Å². The Morgan fingerprint density at radius 1 is 1.14 bits per heavy atom. The molecule has 4 rings (SSSR count). The average molecular weight is 292 g/mol. The number of rotatable bonds is 2. The first kappa shape index (κ1) is 13.4. The van der Waals surface area contributed by atoms with E-state index in [0.29, 0.717) is 5.92 Å². The Hall–Kier alpha value is -2.29. The van der Waals surface area contributed by atoms with Crippen molar-refractivity contribution in [3.05, 3.63) is 64.7 Å². The molecule has 3 nitrogen and oxygen atoms in total. The van der Waals surface area contributed by atoms with Crippen molar-refractivity contribution < 1.29 is 4.74 Å². The molecule has 1 aliphatic heterocycles. The van der Waals surface area contributed by atoms with Crippen molar-refractivity contribution >= 4 is 5.71 Å². The molecule has 0 spiro atoms. The molecule has 2 aromatic rings. The first-order valence-electron chi connectivity index (χ1n) is 7.83. The van der Waals surface area contributed by atoms with Gasteiger partial charge < -0.3 is 10.2 Å². The Bertz CT molecular complexity index is 734. The van der Waals surface area contributed by atoms with Crippen LogP contribution in [0.15, 0.2) is 47.6 Å². The summed E-state index contributed by atoms with van der Waals surface area (Å²) >= 11 is 0. The number of hydrogen-bond acceptors (Lipinski definition) is 3. The van der Waals surface area contributed by atoms with Crippen LogP contribution in [0.25, 0.3) is 0 Å². The van der Waals surface area contributed by atoms with Gasteiger partial charge in [0.15, 0.2) is 0 Å². The highest BCUT2D eigenvalue weighted by Crippen LogP contribution is 2.38. The molecular formula is C19H20N2O. The van der Waals surface area contributed by atoms with Crippen molar-refractivity contribution in [2.24, 2.45) is 11.0 Å². The van der Waals surface area contributed by atoms with Crippen molar-refractivity contribution in [1.29, 1.82) is 0 Å². The summed E-state index contributed by atoms with van der Waals surface area (Å²) in [5.74, 6) is 1.36. The molecule has 0 saturated carbocycles. The summed E-state index contributed by atoms with van der Waals surface area (Å²) < 4.78 is 5.25. The summed E-state index contributed by atoms with van der Waals surface area (Å²) in [6.07, 6.45) is 2.28. The van der Waals surface area contributed by atoms with Crippen molar-refractivity contribution in [2.45, 2.75) is 25.8 Å². The highest BCUT2D eigenvalue weighted by Gasteiger charge is 2.36. The maximum atomic E-state index is 5.25. The summed E-state index contributed by atoms with van der Waals surface area (Å²) in [6.45, 7) is 2.15. The van der Waals surface area contributed by atoms with E-state index in [9.17, 15) is 0 Å². The molecular weight excluding hydrogens is 272 g/mol. The monoisotopic (exact) mass is 292 g/mol. The van der Waals surface area contributed by atoms with Crippen LogP contribution in [0.5, 0.6) is 5.75 Å². The van der Waals surface area contributed by atoms with Crippen LogP contribution in [0.3, 0.4) is 0 Å². The lowest BCUT2D eigenvalue weighted by Gasteiger charge is -2.26. The van der Waals surface area contributed by atoms with Gasteiger partial charge in [-0.3, -0.25) is 0 Å². The fraction of sp³-hybridized carbons (Fsp3) is 0.316. The quantitative estimate of drug-likeness (QED) is 0.917. The predicted octanol–water partition coefficient (Wildman–Crippen LogP) is 3.61. The zero-order chi connectivity index (χ0) is 15.1. The molecule has 1 N–H and O–H groups in total. The topological polar surface area (TPSA) is 33.6 Å². The van der Waals surface area contributed by atoms with E-state index >= 15 is 0 Å². The van der Waals surface area contributed by atoms with Gasteiger partial charge >= 0.3 is 0 Å². The van der Waals surface area contributed by atoms with Crippen molar-refractivity contribution in [3.63, 3.8) is 0 Å². The molecule has 2 aliphatic rings. The Morgan fingerprint density at radius 2 is 1.95 bits per heavy atom. The fourth-order valence-electron chi connectivity index (χ4n) is 3.61. The normalized spacial score (nSPS) is 22.4. The maximum absolute atomic E-state index is 5.25. The fourth-order valence-corrected chi connectivity index (χ4v) is 3.61. The molecule has 0 bridgehead atoms. The molecule has 3 heteroatoms. The van der Waals surface area contributed by atoms with E-state index in [2.05, 4.69) is 47.8 Å². The molecule has 112 valence electrons. The Balaban J connectivity index is 1.66. The molecule has 22 heavy (non-hydrogen) atoms. The van der Waals surface area contributed by atoms with Gasteiger partial charge in [-0.15, -0.1) is 0 Å². The van der Waals surface area contributed by atoms with Gasteiger partial charge in [0, 0.05) is 11.5 Å². The number of benzene rings is 2. The molecule has 0 saturated heterocycles. The van der Waals surface area contributed by atoms with Crippen molar-refractivity contribution in [3.8, 4) is 5.75 Å². The number of fused-ring (bicyclic) bond motifs is 3. The summed E-state index contributed by atoms with van der Waals surface area (Å²) in [5.41, 5.74) is 9.93. The predicted molar refractivity (Wildman–Crippen MR) is 88.4 cm³/mol. The summed E-state index contributed by atoms with van der Waals surface area (Å²) in [7, 11) is 1.70. The molecule has 0 unspecified atom stereocenters. The second-order valence-corrected chi connectivity index (χ2v) is 6.18. The standard InChI is InChI=1S/C19H20N2O/c1-12-3-4-13-7-10-16-18(20-21-19(16)17(13)11-12)14-5-8-15(22-2)9-6-14/h3-6,8-9,11,16,18,20H,7,10H2,1-2H3/t16-,18-/m0/s1. The number of hydrazone groups is 1. The average Bonchev–Trinajstić information content (AvgIpc) is 2.99. The number of hydrogen-bond donors (Lipinski definition) is 1. The van der Waals surface area contributed by atoms with E-state index in [4.69, 9.17) is 4.74 Å². The van der Waals surface area contributed by atoms with Crippen molar-refractivity contribution in [1.82, 2.24) is 5.43 Å². The maximum Gasteiger partial charge on any atom is 0.118 e. The zero-order valence-corrected chi connectivity index (χ0v) is 13.0. The van der Waals surface area contributed by atoms with Crippen LogP contribution in [-0.2, 0) is 6.42 Å². The highest BCUT2D eigenvalue weighted by molar-refractivity contribution is 6.05. The van der Waals surface area contributed by atoms with E-state index in [-0.39, 0.29) is 6.04 Å². The van der Waals surface area contributed by atoms with Gasteiger partial charge in [0.1, 0.15) is 5.75 Å². The molecule has 2 aromatic carbocycles. The van der Waals surface area contributed by atoms with Crippen LogP contribution in [0, 0.1) is 12.8 Å². The SMILES string of the molecule is COc1ccc([C@@H]2NN=C3c4cc(C)ccc4CC[C@H]32)cc1. The summed E-state index contributed by atoms with van der Waals surface area (Å²) in [4.78, 5) is 0. The summed E-state index contributed by atoms with van der Waals surface area (Å²) in [5, 5.41) is 4.68. The van der Waals surface area contributed by atoms with Crippen LogP contribution < -0.4 is 10.2 Å². The van der Waals surface area contributed by atoms with Crippen LogP contribution in [-0.4, -0.2) is 12.8 Å². The third-order valence-corrected chi connectivity index (χ3v) is 4.82. The Morgan fingerprint density at radius 3 is 2.73 bits per heavy atom. The van der Waals surface area contributed by atoms with Crippen molar-refractivity contribution in [2.75, 3.05) is 7.11 Å². The van der Waals surface area contributed by atoms with Gasteiger partial charge in [-0.1, -0.05) is 29.8 Å². The molecule has 2 atom stereocenters. The lowest BCUT2D eigenvalue weighted by molar-refractivity contribution is 0.413. The molecule has 1 aliphatic carbocycles. The summed E-state index contributed by atoms with van der Waals surface area (Å²) in [6, 6.07) is 15.3. The molecule has 0 fully saturated rings. The van der Waals surface area contributed by atoms with Crippen LogP contribution in [0.4, 0.5) is 0 Å². The van der Waals surface area contributed by atoms with E-state index in [1.807, 2.05) is 12.1 Å². The lowest BCUT2D eigenvalue weighted by Crippen LogP contribution is -2.26.